The lowest BCUT2D eigenvalue weighted by atomic mass is 10.1. The van der Waals surface area contributed by atoms with Crippen molar-refractivity contribution in [2.75, 3.05) is 13.7 Å². The third-order valence-electron chi connectivity index (χ3n) is 2.87. The highest BCUT2D eigenvalue weighted by Crippen LogP contribution is 2.00. The van der Waals surface area contributed by atoms with Crippen LogP contribution in [0.15, 0.2) is 18.3 Å². The van der Waals surface area contributed by atoms with Crippen molar-refractivity contribution in [2.24, 2.45) is 0 Å². The number of hydrogen-bond acceptors (Lipinski definition) is 4. The second kappa shape index (κ2) is 8.91. The molecule has 7 heteroatoms. The Hall–Kier alpha value is -2.15. The van der Waals surface area contributed by atoms with Crippen molar-refractivity contribution in [1.29, 1.82) is 0 Å². The molecule has 0 bridgehead atoms. The van der Waals surface area contributed by atoms with Crippen LogP contribution in [0.4, 0.5) is 4.79 Å². The Morgan fingerprint density at radius 2 is 2.19 bits per heavy atom. The predicted octanol–water partition coefficient (Wildman–Crippen LogP) is 1.07. The van der Waals surface area contributed by atoms with Crippen LogP contribution in [0, 0.1) is 6.92 Å². The monoisotopic (exact) mass is 295 g/mol. The lowest BCUT2D eigenvalue weighted by molar-refractivity contribution is -0.139. The summed E-state index contributed by atoms with van der Waals surface area (Å²) in [5.74, 6) is -1.06. The first-order chi connectivity index (χ1) is 10.0. The number of pyridine rings is 1. The predicted molar refractivity (Wildman–Crippen MR) is 76.9 cm³/mol. The van der Waals surface area contributed by atoms with Crippen LogP contribution in [0.2, 0.25) is 0 Å². The topological polar surface area (TPSA) is 101 Å². The van der Waals surface area contributed by atoms with Crippen LogP contribution in [0.3, 0.4) is 0 Å². The van der Waals surface area contributed by atoms with Crippen LogP contribution in [-0.4, -0.2) is 41.8 Å². The molecule has 0 saturated heterocycles. The van der Waals surface area contributed by atoms with Crippen LogP contribution in [0.25, 0.3) is 0 Å². The third-order valence-corrected chi connectivity index (χ3v) is 2.87. The van der Waals surface area contributed by atoms with E-state index in [1.807, 2.05) is 19.1 Å². The molecule has 0 saturated carbocycles. The highest BCUT2D eigenvalue weighted by molar-refractivity contribution is 5.82. The maximum atomic E-state index is 11.7. The molecule has 0 aromatic carbocycles. The molecule has 0 radical (unpaired) electrons. The van der Waals surface area contributed by atoms with E-state index < -0.39 is 18.0 Å². The number of rotatable bonds is 8. The number of nitrogens with one attached hydrogen (secondary N) is 2. The summed E-state index contributed by atoms with van der Waals surface area (Å²) in [6.45, 7) is 2.63. The van der Waals surface area contributed by atoms with E-state index in [0.29, 0.717) is 26.0 Å². The molecule has 0 aliphatic heterocycles. The van der Waals surface area contributed by atoms with Crippen LogP contribution >= 0.6 is 0 Å². The number of carbonyl (C=O) groups excluding carboxylic acids is 1. The molecule has 2 amide bonds. The van der Waals surface area contributed by atoms with Gasteiger partial charge < -0.3 is 20.5 Å². The van der Waals surface area contributed by atoms with E-state index in [1.54, 1.807) is 13.3 Å². The van der Waals surface area contributed by atoms with Gasteiger partial charge in [-0.15, -0.1) is 0 Å². The standard InChI is InChI=1S/C14H21N3O4/c1-10-5-6-11(8-15-10)9-16-14(20)17-12(13(18)19)4-3-7-21-2/h5-6,8,12H,3-4,7,9H2,1-2H3,(H,18,19)(H2,16,17,20). The van der Waals surface area contributed by atoms with Gasteiger partial charge in [0, 0.05) is 32.2 Å². The zero-order valence-corrected chi connectivity index (χ0v) is 12.3. The van der Waals surface area contributed by atoms with Crippen molar-refractivity contribution in [1.82, 2.24) is 15.6 Å². The first-order valence-electron chi connectivity index (χ1n) is 6.70. The summed E-state index contributed by atoms with van der Waals surface area (Å²) >= 11 is 0. The van der Waals surface area contributed by atoms with E-state index in [9.17, 15) is 9.59 Å². The van der Waals surface area contributed by atoms with Crippen molar-refractivity contribution >= 4 is 12.0 Å². The van der Waals surface area contributed by atoms with Crippen molar-refractivity contribution in [3.63, 3.8) is 0 Å². The number of ether oxygens (including phenoxy) is 1. The number of nitrogens with zero attached hydrogens (tertiary/aromatic N) is 1. The van der Waals surface area contributed by atoms with Crippen molar-refractivity contribution in [2.45, 2.75) is 32.4 Å². The van der Waals surface area contributed by atoms with Crippen LogP contribution < -0.4 is 10.6 Å². The molecule has 116 valence electrons. The number of amides is 2. The highest BCUT2D eigenvalue weighted by atomic mass is 16.5. The Morgan fingerprint density at radius 3 is 2.76 bits per heavy atom. The number of aryl methyl sites for hydroxylation is 1. The fourth-order valence-electron chi connectivity index (χ4n) is 1.68. The average Bonchev–Trinajstić information content (AvgIpc) is 2.45. The molecular weight excluding hydrogens is 274 g/mol. The molecule has 0 aliphatic carbocycles. The largest absolute Gasteiger partial charge is 0.480 e. The number of aromatic nitrogens is 1. The fourth-order valence-corrected chi connectivity index (χ4v) is 1.68. The molecule has 21 heavy (non-hydrogen) atoms. The van der Waals surface area contributed by atoms with Crippen molar-refractivity contribution in [3.05, 3.63) is 29.6 Å². The van der Waals surface area contributed by atoms with E-state index in [4.69, 9.17) is 9.84 Å². The second-order valence-corrected chi connectivity index (χ2v) is 4.66. The van der Waals surface area contributed by atoms with Crippen molar-refractivity contribution < 1.29 is 19.4 Å². The molecule has 0 aliphatic rings. The fraction of sp³-hybridized carbons (Fsp3) is 0.500. The van der Waals surface area contributed by atoms with E-state index in [-0.39, 0.29) is 0 Å². The summed E-state index contributed by atoms with van der Waals surface area (Å²) in [7, 11) is 1.55. The second-order valence-electron chi connectivity index (χ2n) is 4.66. The molecular formula is C14H21N3O4. The third kappa shape index (κ3) is 6.71. The Bertz CT molecular complexity index is 462. The Labute approximate surface area is 123 Å². The molecule has 1 aromatic rings. The van der Waals surface area contributed by atoms with Gasteiger partial charge in [-0.25, -0.2) is 9.59 Å². The van der Waals surface area contributed by atoms with Gasteiger partial charge in [0.2, 0.25) is 0 Å². The summed E-state index contributed by atoms with van der Waals surface area (Å²) < 4.78 is 4.86. The molecule has 1 rings (SSSR count). The van der Waals surface area contributed by atoms with Gasteiger partial charge in [0.1, 0.15) is 6.04 Å². The summed E-state index contributed by atoms with van der Waals surface area (Å²) in [4.78, 5) is 26.9. The number of carboxylic acid groups (broad SMARTS) is 1. The lowest BCUT2D eigenvalue weighted by Gasteiger charge is -2.15. The zero-order chi connectivity index (χ0) is 15.7. The number of aliphatic carboxylic acids is 1. The normalized spacial score (nSPS) is 11.7. The number of methoxy groups -OCH3 is 1. The van der Waals surface area contributed by atoms with Gasteiger partial charge in [-0.2, -0.15) is 0 Å². The Morgan fingerprint density at radius 1 is 1.43 bits per heavy atom. The van der Waals surface area contributed by atoms with Gasteiger partial charge in [-0.05, 0) is 31.4 Å². The first-order valence-corrected chi connectivity index (χ1v) is 6.70. The quantitative estimate of drug-likeness (QED) is 0.623. The smallest absolute Gasteiger partial charge is 0.326 e. The summed E-state index contributed by atoms with van der Waals surface area (Å²) in [5.41, 5.74) is 1.74. The molecule has 1 atom stereocenters. The average molecular weight is 295 g/mol. The van der Waals surface area contributed by atoms with Gasteiger partial charge in [-0.3, -0.25) is 4.98 Å². The summed E-state index contributed by atoms with van der Waals surface area (Å²) in [5, 5.41) is 14.1. The first kappa shape index (κ1) is 16.9. The molecule has 0 fully saturated rings. The molecule has 7 nitrogen and oxygen atoms in total. The van der Waals surface area contributed by atoms with E-state index in [2.05, 4.69) is 15.6 Å². The number of carboxylic acids is 1. The van der Waals surface area contributed by atoms with Gasteiger partial charge in [-0.1, -0.05) is 6.07 Å². The number of carbonyl (C=O) groups is 2. The van der Waals surface area contributed by atoms with Crippen molar-refractivity contribution in [3.8, 4) is 0 Å². The van der Waals surface area contributed by atoms with Gasteiger partial charge >= 0.3 is 12.0 Å². The number of hydrogen-bond donors (Lipinski definition) is 3. The molecule has 3 N–H and O–H groups in total. The van der Waals surface area contributed by atoms with Crippen LogP contribution in [0.1, 0.15) is 24.1 Å². The van der Waals surface area contributed by atoms with Gasteiger partial charge in [0.25, 0.3) is 0 Å². The SMILES string of the molecule is COCCCC(NC(=O)NCc1ccc(C)nc1)C(=O)O. The highest BCUT2D eigenvalue weighted by Gasteiger charge is 2.19. The lowest BCUT2D eigenvalue weighted by Crippen LogP contribution is -2.45. The molecule has 1 aromatic heterocycles. The van der Waals surface area contributed by atoms with Gasteiger partial charge in [0.15, 0.2) is 0 Å². The van der Waals surface area contributed by atoms with Crippen LogP contribution in [0.5, 0.6) is 0 Å². The Kier molecular flexibility index (Phi) is 7.17. The maximum absolute atomic E-state index is 11.7. The molecule has 1 heterocycles. The summed E-state index contributed by atoms with van der Waals surface area (Å²) in [6.07, 6.45) is 2.56. The molecule has 1 unspecified atom stereocenters. The van der Waals surface area contributed by atoms with E-state index in [0.717, 1.165) is 11.3 Å². The minimum absolute atomic E-state index is 0.295. The minimum Gasteiger partial charge on any atom is -0.480 e. The van der Waals surface area contributed by atoms with E-state index >= 15 is 0 Å². The van der Waals surface area contributed by atoms with Crippen LogP contribution in [-0.2, 0) is 16.1 Å². The Balaban J connectivity index is 2.39. The van der Waals surface area contributed by atoms with E-state index in [1.165, 1.54) is 0 Å². The number of urea groups is 1. The maximum Gasteiger partial charge on any atom is 0.326 e. The summed E-state index contributed by atoms with van der Waals surface area (Å²) in [6, 6.07) is 2.27. The molecule has 0 spiro atoms. The minimum atomic E-state index is -1.06. The van der Waals surface area contributed by atoms with Gasteiger partial charge in [0.05, 0.1) is 0 Å². The zero-order valence-electron chi connectivity index (χ0n) is 12.3.